The van der Waals surface area contributed by atoms with Crippen LogP contribution in [0.3, 0.4) is 0 Å². The highest BCUT2D eigenvalue weighted by molar-refractivity contribution is 5.79. The Hall–Kier alpha value is -1.79. The summed E-state index contributed by atoms with van der Waals surface area (Å²) in [7, 11) is 1.72. The van der Waals surface area contributed by atoms with E-state index >= 15 is 0 Å². The maximum absolute atomic E-state index is 12.1. The van der Waals surface area contributed by atoms with E-state index in [1.54, 1.807) is 7.05 Å². The molecule has 1 aromatic carbocycles. The van der Waals surface area contributed by atoms with Gasteiger partial charge in [-0.05, 0) is 43.9 Å². The lowest BCUT2D eigenvalue weighted by Gasteiger charge is -2.47. The second-order valence-electron chi connectivity index (χ2n) is 9.11. The van der Waals surface area contributed by atoms with E-state index in [1.165, 1.54) is 24.9 Å². The minimum absolute atomic E-state index is 0.0707. The number of carbonyl (C=O) groups is 1. The first-order valence-corrected chi connectivity index (χ1v) is 11.3. The monoisotopic (exact) mass is 399 g/mol. The normalized spacial score (nSPS) is 27.1. The van der Waals surface area contributed by atoms with Gasteiger partial charge in [0.15, 0.2) is 0 Å². The molecule has 2 saturated heterocycles. The van der Waals surface area contributed by atoms with Crippen molar-refractivity contribution in [3.8, 4) is 5.75 Å². The number of anilines is 1. The summed E-state index contributed by atoms with van der Waals surface area (Å²) < 4.78 is 12.7. The summed E-state index contributed by atoms with van der Waals surface area (Å²) in [6, 6.07) is 7.25. The van der Waals surface area contributed by atoms with E-state index in [9.17, 15) is 4.79 Å². The molecular formula is C23H33N3O3. The van der Waals surface area contributed by atoms with Crippen molar-refractivity contribution in [1.82, 2.24) is 10.2 Å². The van der Waals surface area contributed by atoms with Crippen molar-refractivity contribution in [2.24, 2.45) is 5.92 Å². The molecule has 1 aliphatic carbocycles. The molecule has 3 aliphatic heterocycles. The van der Waals surface area contributed by atoms with Gasteiger partial charge in [-0.25, -0.2) is 0 Å². The molecule has 4 aliphatic rings. The maximum Gasteiger partial charge on any atom is 0.224 e. The lowest BCUT2D eigenvalue weighted by atomic mass is 9.89. The number of rotatable bonds is 3. The van der Waals surface area contributed by atoms with E-state index in [1.807, 2.05) is 0 Å². The molecule has 1 atom stereocenters. The van der Waals surface area contributed by atoms with E-state index in [-0.39, 0.29) is 11.8 Å². The van der Waals surface area contributed by atoms with Gasteiger partial charge in [-0.2, -0.15) is 0 Å². The molecule has 3 heterocycles. The molecule has 158 valence electrons. The van der Waals surface area contributed by atoms with Gasteiger partial charge < -0.3 is 19.7 Å². The first kappa shape index (κ1) is 19.2. The Labute approximate surface area is 173 Å². The molecule has 3 fully saturated rings. The highest BCUT2D eigenvalue weighted by Crippen LogP contribution is 2.40. The van der Waals surface area contributed by atoms with E-state index in [4.69, 9.17) is 9.47 Å². The SMILES string of the molecule is CNC(=O)C1CCCN(c2ccc3c(c2)COC2(CCN(C4CCC4)CC2)O3)C1. The van der Waals surface area contributed by atoms with Crippen LogP contribution >= 0.6 is 0 Å². The Bertz CT molecular complexity index is 756. The smallest absolute Gasteiger partial charge is 0.224 e. The number of ether oxygens (including phenoxy) is 2. The number of nitrogens with one attached hydrogen (secondary N) is 1. The summed E-state index contributed by atoms with van der Waals surface area (Å²) in [5.74, 6) is 0.748. The minimum Gasteiger partial charge on any atom is -0.462 e. The molecule has 0 aromatic heterocycles. The molecule has 1 aromatic rings. The number of nitrogens with zero attached hydrogens (tertiary/aromatic N) is 2. The number of fused-ring (bicyclic) bond motifs is 1. The molecular weight excluding hydrogens is 366 g/mol. The summed E-state index contributed by atoms with van der Waals surface area (Å²) in [6.07, 6.45) is 8.01. The maximum atomic E-state index is 12.1. The summed E-state index contributed by atoms with van der Waals surface area (Å²) in [5.41, 5.74) is 2.29. The third-order valence-corrected chi connectivity index (χ3v) is 7.39. The molecule has 29 heavy (non-hydrogen) atoms. The number of piperidine rings is 2. The molecule has 0 radical (unpaired) electrons. The Morgan fingerprint density at radius 1 is 1.14 bits per heavy atom. The molecule has 1 unspecified atom stereocenters. The summed E-state index contributed by atoms with van der Waals surface area (Å²) >= 11 is 0. The van der Waals surface area contributed by atoms with Gasteiger partial charge in [-0.3, -0.25) is 9.69 Å². The predicted octanol–water partition coefficient (Wildman–Crippen LogP) is 2.90. The first-order chi connectivity index (χ1) is 14.2. The molecule has 0 bridgehead atoms. The van der Waals surface area contributed by atoms with Gasteiger partial charge in [0.25, 0.3) is 0 Å². The highest BCUT2D eigenvalue weighted by atomic mass is 16.7. The molecule has 5 rings (SSSR count). The quantitative estimate of drug-likeness (QED) is 0.847. The Balaban J connectivity index is 1.25. The van der Waals surface area contributed by atoms with Crippen LogP contribution in [-0.4, -0.2) is 55.9 Å². The largest absolute Gasteiger partial charge is 0.462 e. The van der Waals surface area contributed by atoms with Crippen LogP contribution in [-0.2, 0) is 16.1 Å². The van der Waals surface area contributed by atoms with Crippen molar-refractivity contribution in [3.63, 3.8) is 0 Å². The zero-order chi connectivity index (χ0) is 19.8. The molecule has 1 saturated carbocycles. The summed E-state index contributed by atoms with van der Waals surface area (Å²) in [4.78, 5) is 17.0. The third kappa shape index (κ3) is 3.73. The van der Waals surface area contributed by atoms with E-state index < -0.39 is 5.79 Å². The van der Waals surface area contributed by atoms with Gasteiger partial charge in [0.05, 0.1) is 12.5 Å². The fourth-order valence-electron chi connectivity index (χ4n) is 5.27. The van der Waals surface area contributed by atoms with Gasteiger partial charge in [0.1, 0.15) is 5.75 Å². The average Bonchev–Trinajstić information content (AvgIpc) is 2.73. The van der Waals surface area contributed by atoms with E-state index in [0.29, 0.717) is 6.61 Å². The molecule has 1 spiro atoms. The van der Waals surface area contributed by atoms with Crippen LogP contribution in [0.1, 0.15) is 50.5 Å². The summed E-state index contributed by atoms with van der Waals surface area (Å²) in [5, 5.41) is 2.80. The van der Waals surface area contributed by atoms with Crippen LogP contribution in [0, 0.1) is 5.92 Å². The van der Waals surface area contributed by atoms with E-state index in [0.717, 1.165) is 69.2 Å². The number of likely N-dealkylation sites (tertiary alicyclic amines) is 1. The summed E-state index contributed by atoms with van der Waals surface area (Å²) in [6.45, 7) is 4.54. The topological polar surface area (TPSA) is 54.0 Å². The number of amides is 1. The zero-order valence-electron chi connectivity index (χ0n) is 17.5. The Morgan fingerprint density at radius 2 is 1.97 bits per heavy atom. The van der Waals surface area contributed by atoms with Crippen LogP contribution in [0.25, 0.3) is 0 Å². The number of carbonyl (C=O) groups excluding carboxylic acids is 1. The molecule has 6 nitrogen and oxygen atoms in total. The average molecular weight is 400 g/mol. The minimum atomic E-state index is -0.440. The second-order valence-corrected chi connectivity index (χ2v) is 9.11. The Morgan fingerprint density at radius 3 is 2.69 bits per heavy atom. The van der Waals surface area contributed by atoms with Crippen LogP contribution in [0.2, 0.25) is 0 Å². The lowest BCUT2D eigenvalue weighted by Crippen LogP contribution is -2.54. The van der Waals surface area contributed by atoms with Gasteiger partial charge in [-0.15, -0.1) is 0 Å². The number of hydrogen-bond acceptors (Lipinski definition) is 5. The first-order valence-electron chi connectivity index (χ1n) is 11.3. The van der Waals surface area contributed by atoms with Crippen molar-refractivity contribution in [2.45, 2.75) is 63.4 Å². The van der Waals surface area contributed by atoms with Crippen LogP contribution in [0.15, 0.2) is 18.2 Å². The van der Waals surface area contributed by atoms with Crippen molar-refractivity contribution in [2.75, 3.05) is 38.1 Å². The van der Waals surface area contributed by atoms with Crippen LogP contribution in [0.5, 0.6) is 5.75 Å². The van der Waals surface area contributed by atoms with Crippen LogP contribution in [0.4, 0.5) is 5.69 Å². The Kier molecular flexibility index (Phi) is 5.16. The van der Waals surface area contributed by atoms with Crippen LogP contribution < -0.4 is 15.0 Å². The van der Waals surface area contributed by atoms with Gasteiger partial charge in [0.2, 0.25) is 11.7 Å². The van der Waals surface area contributed by atoms with Gasteiger partial charge in [0, 0.05) is 63.4 Å². The van der Waals surface area contributed by atoms with Crippen molar-refractivity contribution < 1.29 is 14.3 Å². The van der Waals surface area contributed by atoms with Gasteiger partial charge in [-0.1, -0.05) is 6.42 Å². The van der Waals surface area contributed by atoms with Crippen molar-refractivity contribution in [1.29, 1.82) is 0 Å². The number of benzene rings is 1. The van der Waals surface area contributed by atoms with Crippen molar-refractivity contribution in [3.05, 3.63) is 23.8 Å². The fraction of sp³-hybridized carbons (Fsp3) is 0.696. The highest BCUT2D eigenvalue weighted by Gasteiger charge is 2.42. The van der Waals surface area contributed by atoms with E-state index in [2.05, 4.69) is 33.3 Å². The van der Waals surface area contributed by atoms with Crippen molar-refractivity contribution >= 4 is 11.6 Å². The molecule has 1 N–H and O–H groups in total. The zero-order valence-corrected chi connectivity index (χ0v) is 17.5. The fourth-order valence-corrected chi connectivity index (χ4v) is 5.27. The lowest BCUT2D eigenvalue weighted by molar-refractivity contribution is -0.231. The predicted molar refractivity (Wildman–Crippen MR) is 112 cm³/mol. The molecule has 1 amide bonds. The molecule has 6 heteroatoms. The number of hydrogen-bond donors (Lipinski definition) is 1. The standard InChI is InChI=1S/C23H33N3O3/c1-24-22(27)17-4-3-11-26(15-17)20-7-8-21-18(14-20)16-28-23(29-21)9-12-25(13-10-23)19-5-2-6-19/h7-8,14,17,19H,2-6,9-13,15-16H2,1H3,(H,24,27). The third-order valence-electron chi connectivity index (χ3n) is 7.39. The van der Waals surface area contributed by atoms with Gasteiger partial charge >= 0.3 is 0 Å². The second kappa shape index (κ2) is 7.80.